The van der Waals surface area contributed by atoms with Gasteiger partial charge in [0.2, 0.25) is 0 Å². The molecule has 0 aromatic carbocycles. The molecule has 0 saturated heterocycles. The first-order valence-corrected chi connectivity index (χ1v) is 5.18. The molecule has 0 aliphatic carbocycles. The first-order chi connectivity index (χ1) is 7.88. The molecule has 0 aliphatic rings. The second kappa shape index (κ2) is 3.79. The molecule has 0 unspecified atom stereocenters. The molecule has 92 valence electrons. The van der Waals surface area contributed by atoms with Crippen molar-refractivity contribution in [1.29, 1.82) is 0 Å². The van der Waals surface area contributed by atoms with E-state index in [-0.39, 0.29) is 12.0 Å². The molecule has 8 heteroatoms. The second-order valence-electron chi connectivity index (χ2n) is 4.80. The Kier molecular flexibility index (Phi) is 2.56. The van der Waals surface area contributed by atoms with Crippen LogP contribution in [0.5, 0.6) is 0 Å². The van der Waals surface area contributed by atoms with Gasteiger partial charge in [0.1, 0.15) is 0 Å². The molecule has 0 fully saturated rings. The maximum Gasteiger partial charge on any atom is 0.442 e. The van der Waals surface area contributed by atoms with Crippen LogP contribution in [0.1, 0.15) is 32.4 Å². The van der Waals surface area contributed by atoms with Crippen LogP contribution in [0.3, 0.4) is 0 Å². The molecule has 0 bridgehead atoms. The summed E-state index contributed by atoms with van der Waals surface area (Å²) in [5.74, 6) is 0.501. The Labute approximate surface area is 97.2 Å². The zero-order chi connectivity index (χ0) is 12.6. The molecule has 17 heavy (non-hydrogen) atoms. The number of hydrogen-bond donors (Lipinski definition) is 0. The monoisotopic (exact) mass is 238 g/mol. The molecule has 0 atom stereocenters. The Morgan fingerprint density at radius 1 is 1.35 bits per heavy atom. The molecular weight excluding hydrogens is 224 g/mol. The van der Waals surface area contributed by atoms with Gasteiger partial charge in [0.25, 0.3) is 0 Å². The van der Waals surface area contributed by atoms with Crippen LogP contribution in [-0.2, 0) is 19.0 Å². The van der Waals surface area contributed by atoms with E-state index in [4.69, 9.17) is 0 Å². The van der Waals surface area contributed by atoms with Crippen LogP contribution < -0.4 is 5.76 Å². The topological polar surface area (TPSA) is 91.6 Å². The summed E-state index contributed by atoms with van der Waals surface area (Å²) < 4.78 is 6.09. The maximum atomic E-state index is 11.5. The normalized spacial score (nSPS) is 12.0. The van der Waals surface area contributed by atoms with Crippen LogP contribution >= 0.6 is 0 Å². The van der Waals surface area contributed by atoms with Crippen LogP contribution in [0, 0.1) is 0 Å². The molecule has 2 rings (SSSR count). The molecule has 2 aromatic heterocycles. The van der Waals surface area contributed by atoms with Crippen molar-refractivity contribution >= 4 is 0 Å². The first-order valence-electron chi connectivity index (χ1n) is 5.18. The third kappa shape index (κ3) is 2.24. The lowest BCUT2D eigenvalue weighted by Crippen LogP contribution is -2.25. The molecule has 0 saturated carbocycles. The third-order valence-corrected chi connectivity index (χ3v) is 2.21. The second-order valence-corrected chi connectivity index (χ2v) is 4.80. The Morgan fingerprint density at radius 3 is 2.59 bits per heavy atom. The van der Waals surface area contributed by atoms with Crippen LogP contribution in [0.2, 0.25) is 0 Å². The van der Waals surface area contributed by atoms with Gasteiger partial charge >= 0.3 is 5.76 Å². The molecule has 2 heterocycles. The minimum atomic E-state index is -0.512. The van der Waals surface area contributed by atoms with Crippen molar-refractivity contribution in [3.8, 4) is 0 Å². The van der Waals surface area contributed by atoms with Crippen LogP contribution in [-0.4, -0.2) is 29.9 Å². The van der Waals surface area contributed by atoms with Crippen LogP contribution in [0.25, 0.3) is 0 Å². The Bertz CT molecular complexity index is 573. The van der Waals surface area contributed by atoms with Gasteiger partial charge in [-0.25, -0.2) is 4.79 Å². The van der Waals surface area contributed by atoms with Gasteiger partial charge in [0.15, 0.2) is 11.6 Å². The van der Waals surface area contributed by atoms with E-state index in [1.165, 1.54) is 9.36 Å². The average Bonchev–Trinajstić information content (AvgIpc) is 2.74. The number of aryl methyl sites for hydroxylation is 1. The molecule has 0 amide bonds. The lowest BCUT2D eigenvalue weighted by atomic mass is 9.96. The molecule has 2 aromatic rings. The largest absolute Gasteiger partial charge is 0.442 e. The predicted octanol–water partition coefficient (Wildman–Crippen LogP) is -0.294. The van der Waals surface area contributed by atoms with Crippen molar-refractivity contribution in [2.45, 2.75) is 32.7 Å². The molecule has 0 radical (unpaired) electrons. The van der Waals surface area contributed by atoms with Gasteiger partial charge in [-0.3, -0.25) is 9.09 Å². The number of nitrogens with zero attached hydrogens (tertiary/aromatic N) is 6. The average molecular weight is 238 g/mol. The van der Waals surface area contributed by atoms with E-state index in [1.807, 2.05) is 20.8 Å². The fourth-order valence-corrected chi connectivity index (χ4v) is 1.48. The Hall–Kier alpha value is -1.99. The van der Waals surface area contributed by atoms with Crippen LogP contribution in [0.15, 0.2) is 9.32 Å². The summed E-state index contributed by atoms with van der Waals surface area (Å²) in [6.07, 6.45) is 0. The number of hydrogen-bond acceptors (Lipinski definition) is 6. The molecule has 8 nitrogen and oxygen atoms in total. The minimum absolute atomic E-state index is 0.211. The summed E-state index contributed by atoms with van der Waals surface area (Å²) >= 11 is 0. The van der Waals surface area contributed by atoms with Crippen molar-refractivity contribution in [2.24, 2.45) is 7.05 Å². The van der Waals surface area contributed by atoms with Gasteiger partial charge < -0.3 is 0 Å². The van der Waals surface area contributed by atoms with Gasteiger partial charge in [0.05, 0.1) is 13.6 Å². The van der Waals surface area contributed by atoms with Gasteiger partial charge in [-0.15, -0.1) is 10.2 Å². The van der Waals surface area contributed by atoms with E-state index >= 15 is 0 Å². The lowest BCUT2D eigenvalue weighted by molar-refractivity contribution is 0.367. The van der Waals surface area contributed by atoms with Crippen molar-refractivity contribution in [3.63, 3.8) is 0 Å². The van der Waals surface area contributed by atoms with E-state index in [0.29, 0.717) is 11.6 Å². The first kappa shape index (κ1) is 11.5. The summed E-state index contributed by atoms with van der Waals surface area (Å²) in [6.45, 7) is 6.06. The Morgan fingerprint density at radius 2 is 2.06 bits per heavy atom. The fourth-order valence-electron chi connectivity index (χ4n) is 1.48. The van der Waals surface area contributed by atoms with E-state index in [9.17, 15) is 4.79 Å². The van der Waals surface area contributed by atoms with Crippen LogP contribution in [0.4, 0.5) is 0 Å². The fraction of sp³-hybridized carbons (Fsp3) is 0.667. The number of rotatable bonds is 2. The molecule has 0 N–H and O–H groups in total. The van der Waals surface area contributed by atoms with E-state index in [0.717, 1.165) is 0 Å². The summed E-state index contributed by atoms with van der Waals surface area (Å²) in [7, 11) is 1.66. The standard InChI is InChI=1S/C9H14N6O2/c1-9(2,3)7-12-17-8(16)15(7)5-6-10-13-14(4)11-6/h5H2,1-4H3. The summed E-state index contributed by atoms with van der Waals surface area (Å²) in [5.41, 5.74) is -0.283. The summed E-state index contributed by atoms with van der Waals surface area (Å²) in [6, 6.07) is 0. The SMILES string of the molecule is Cn1nnc(Cn2c(C(C)(C)C)noc2=O)n1. The van der Waals surface area contributed by atoms with E-state index in [1.54, 1.807) is 7.05 Å². The number of tetrazole rings is 1. The maximum absolute atomic E-state index is 11.5. The highest BCUT2D eigenvalue weighted by Crippen LogP contribution is 2.18. The third-order valence-electron chi connectivity index (χ3n) is 2.21. The van der Waals surface area contributed by atoms with Gasteiger partial charge in [-0.2, -0.15) is 4.80 Å². The Balaban J connectivity index is 2.39. The number of aromatic nitrogens is 6. The van der Waals surface area contributed by atoms with Crippen molar-refractivity contribution in [1.82, 2.24) is 29.9 Å². The smallest absolute Gasteiger partial charge is 0.296 e. The summed E-state index contributed by atoms with van der Waals surface area (Å²) in [4.78, 5) is 12.9. The minimum Gasteiger partial charge on any atom is -0.296 e. The lowest BCUT2D eigenvalue weighted by Gasteiger charge is -2.15. The van der Waals surface area contributed by atoms with E-state index in [2.05, 4.69) is 25.1 Å². The molecule has 0 aliphatic heterocycles. The van der Waals surface area contributed by atoms with Gasteiger partial charge in [0, 0.05) is 5.41 Å². The quantitative estimate of drug-likeness (QED) is 0.713. The highest BCUT2D eigenvalue weighted by molar-refractivity contribution is 5.01. The van der Waals surface area contributed by atoms with Crippen molar-refractivity contribution in [2.75, 3.05) is 0 Å². The van der Waals surface area contributed by atoms with Gasteiger partial charge in [-0.1, -0.05) is 25.9 Å². The highest BCUT2D eigenvalue weighted by Gasteiger charge is 2.24. The predicted molar refractivity (Wildman–Crippen MR) is 57.4 cm³/mol. The van der Waals surface area contributed by atoms with E-state index < -0.39 is 5.76 Å². The zero-order valence-electron chi connectivity index (χ0n) is 10.2. The zero-order valence-corrected chi connectivity index (χ0v) is 10.2. The molecular formula is C9H14N6O2. The highest BCUT2D eigenvalue weighted by atomic mass is 16.5. The van der Waals surface area contributed by atoms with Crippen molar-refractivity contribution < 1.29 is 4.52 Å². The molecule has 0 spiro atoms. The summed E-state index contributed by atoms with van der Waals surface area (Å²) in [5, 5.41) is 15.3. The van der Waals surface area contributed by atoms with Gasteiger partial charge in [-0.05, 0) is 5.21 Å². The van der Waals surface area contributed by atoms with Crippen molar-refractivity contribution in [3.05, 3.63) is 22.2 Å².